The first-order valence-corrected chi connectivity index (χ1v) is 5.08. The average molecular weight is 216 g/mol. The number of ether oxygens (including phenoxy) is 2. The van der Waals surface area contributed by atoms with E-state index in [0.717, 1.165) is 5.56 Å². The van der Waals surface area contributed by atoms with E-state index in [0.29, 0.717) is 6.42 Å². The first kappa shape index (κ1) is 10.6. The molecule has 1 aliphatic rings. The van der Waals surface area contributed by atoms with Crippen molar-refractivity contribution in [2.75, 3.05) is 6.61 Å². The molecule has 0 bridgehead atoms. The Morgan fingerprint density at radius 3 is 2.69 bits per heavy atom. The Hall–Kier alpha value is -1.95. The van der Waals surface area contributed by atoms with Crippen LogP contribution in [-0.2, 0) is 15.9 Å². The molecule has 0 aliphatic carbocycles. The average Bonchev–Trinajstić information content (AvgIpc) is 2.62. The fourth-order valence-corrected chi connectivity index (χ4v) is 1.74. The third-order valence-corrected chi connectivity index (χ3v) is 2.39. The van der Waals surface area contributed by atoms with Crippen LogP contribution in [0.2, 0.25) is 0 Å². The topological polar surface area (TPSA) is 35.5 Å². The number of carbonyl (C=O) groups excluding carboxylic acids is 1. The van der Waals surface area contributed by atoms with E-state index in [1.54, 1.807) is 6.92 Å². The minimum absolute atomic E-state index is 0.196. The molecule has 1 heterocycles. The molecule has 0 amide bonds. The summed E-state index contributed by atoms with van der Waals surface area (Å²) in [5.41, 5.74) is 0.260. The monoisotopic (exact) mass is 216 g/mol. The van der Waals surface area contributed by atoms with Gasteiger partial charge in [-0.3, -0.25) is 0 Å². The Bertz CT molecular complexity index is 441. The molecule has 1 aliphatic heterocycles. The van der Waals surface area contributed by atoms with Gasteiger partial charge in [-0.2, -0.15) is 0 Å². The Balaban J connectivity index is 2.21. The van der Waals surface area contributed by atoms with Gasteiger partial charge in [-0.1, -0.05) is 36.3 Å². The summed E-state index contributed by atoms with van der Waals surface area (Å²) >= 11 is 0. The molecule has 0 N–H and O–H groups in total. The van der Waals surface area contributed by atoms with Gasteiger partial charge >= 0.3 is 6.16 Å². The van der Waals surface area contributed by atoms with Crippen LogP contribution in [0.25, 0.3) is 0 Å². The summed E-state index contributed by atoms with van der Waals surface area (Å²) in [6, 6.07) is 9.79. The number of carbonyl (C=O) groups is 1. The van der Waals surface area contributed by atoms with Crippen LogP contribution < -0.4 is 0 Å². The molecule has 0 aromatic heterocycles. The van der Waals surface area contributed by atoms with Crippen molar-refractivity contribution in [2.45, 2.75) is 18.9 Å². The molecule has 0 spiro atoms. The van der Waals surface area contributed by atoms with E-state index in [9.17, 15) is 4.79 Å². The van der Waals surface area contributed by atoms with Gasteiger partial charge in [0, 0.05) is 6.42 Å². The normalized spacial score (nSPS) is 22.9. The molecule has 1 aromatic carbocycles. The van der Waals surface area contributed by atoms with Crippen molar-refractivity contribution in [3.05, 3.63) is 35.9 Å². The van der Waals surface area contributed by atoms with Crippen molar-refractivity contribution in [1.29, 1.82) is 0 Å². The zero-order valence-corrected chi connectivity index (χ0v) is 9.03. The van der Waals surface area contributed by atoms with Gasteiger partial charge in [0.2, 0.25) is 5.60 Å². The maximum absolute atomic E-state index is 11.0. The summed E-state index contributed by atoms with van der Waals surface area (Å²) in [5.74, 6) is 5.70. The highest BCUT2D eigenvalue weighted by Crippen LogP contribution is 2.24. The number of rotatable bonds is 2. The number of benzene rings is 1. The van der Waals surface area contributed by atoms with Gasteiger partial charge in [0.25, 0.3) is 0 Å². The van der Waals surface area contributed by atoms with Crippen molar-refractivity contribution in [3.63, 3.8) is 0 Å². The largest absolute Gasteiger partial charge is 0.510 e. The molecule has 16 heavy (non-hydrogen) atoms. The standard InChI is InChI=1S/C13H12O3/c1-2-8-13(10-15-12(14)16-13)9-11-6-4-3-5-7-11/h3-7H,9-10H2,1H3. The summed E-state index contributed by atoms with van der Waals surface area (Å²) in [7, 11) is 0. The van der Waals surface area contributed by atoms with E-state index in [4.69, 9.17) is 9.47 Å². The minimum Gasteiger partial charge on any atom is -0.429 e. The molecule has 1 saturated heterocycles. The third-order valence-electron chi connectivity index (χ3n) is 2.39. The lowest BCUT2D eigenvalue weighted by molar-refractivity contribution is 0.0948. The van der Waals surface area contributed by atoms with Gasteiger partial charge in [0.15, 0.2) is 0 Å². The van der Waals surface area contributed by atoms with Crippen LogP contribution in [-0.4, -0.2) is 18.4 Å². The number of hydrogen-bond donors (Lipinski definition) is 0. The molecule has 3 heteroatoms. The van der Waals surface area contributed by atoms with Crippen molar-refractivity contribution in [1.82, 2.24) is 0 Å². The van der Waals surface area contributed by atoms with Crippen LogP contribution >= 0.6 is 0 Å². The van der Waals surface area contributed by atoms with Gasteiger partial charge in [-0.25, -0.2) is 4.79 Å². The van der Waals surface area contributed by atoms with Crippen LogP contribution in [0, 0.1) is 11.8 Å². The maximum Gasteiger partial charge on any atom is 0.510 e. The van der Waals surface area contributed by atoms with Gasteiger partial charge < -0.3 is 9.47 Å². The summed E-state index contributed by atoms with van der Waals surface area (Å²) in [5, 5.41) is 0. The molecular formula is C13H12O3. The summed E-state index contributed by atoms with van der Waals surface area (Å²) in [4.78, 5) is 11.0. The predicted octanol–water partition coefficient (Wildman–Crippen LogP) is 2.16. The Morgan fingerprint density at radius 2 is 2.12 bits per heavy atom. The van der Waals surface area contributed by atoms with Crippen molar-refractivity contribution in [2.24, 2.45) is 0 Å². The second-order valence-corrected chi connectivity index (χ2v) is 3.67. The fraction of sp³-hybridized carbons (Fsp3) is 0.308. The van der Waals surface area contributed by atoms with E-state index in [1.165, 1.54) is 0 Å². The molecule has 2 rings (SSSR count). The lowest BCUT2D eigenvalue weighted by Crippen LogP contribution is -2.32. The third kappa shape index (κ3) is 2.17. The molecule has 1 atom stereocenters. The fourth-order valence-electron chi connectivity index (χ4n) is 1.74. The molecule has 3 nitrogen and oxygen atoms in total. The molecule has 1 fully saturated rings. The predicted molar refractivity (Wildman–Crippen MR) is 58.8 cm³/mol. The second kappa shape index (κ2) is 4.28. The van der Waals surface area contributed by atoms with E-state index in [2.05, 4.69) is 11.8 Å². The highest BCUT2D eigenvalue weighted by Gasteiger charge is 2.41. The van der Waals surface area contributed by atoms with Crippen LogP contribution in [0.5, 0.6) is 0 Å². The zero-order chi connectivity index (χ0) is 11.4. The van der Waals surface area contributed by atoms with Gasteiger partial charge in [-0.05, 0) is 12.5 Å². The molecule has 1 aromatic rings. The molecule has 0 radical (unpaired) electrons. The van der Waals surface area contributed by atoms with Crippen LogP contribution in [0.3, 0.4) is 0 Å². The maximum atomic E-state index is 11.0. The van der Waals surface area contributed by atoms with Crippen LogP contribution in [0.15, 0.2) is 30.3 Å². The number of cyclic esters (lactones) is 2. The van der Waals surface area contributed by atoms with Gasteiger partial charge in [0.1, 0.15) is 6.61 Å². The first-order valence-electron chi connectivity index (χ1n) is 5.08. The molecule has 1 unspecified atom stereocenters. The van der Waals surface area contributed by atoms with E-state index >= 15 is 0 Å². The quantitative estimate of drug-likeness (QED) is 0.561. The lowest BCUT2D eigenvalue weighted by atomic mass is 9.96. The SMILES string of the molecule is CC#CC1(Cc2ccccc2)COC(=O)O1. The van der Waals surface area contributed by atoms with E-state index in [-0.39, 0.29) is 6.61 Å². The molecule has 0 saturated carbocycles. The van der Waals surface area contributed by atoms with E-state index < -0.39 is 11.8 Å². The second-order valence-electron chi connectivity index (χ2n) is 3.67. The highest BCUT2D eigenvalue weighted by atomic mass is 16.8. The first-order chi connectivity index (χ1) is 7.74. The van der Waals surface area contributed by atoms with Gasteiger partial charge in [-0.15, -0.1) is 5.92 Å². The lowest BCUT2D eigenvalue weighted by Gasteiger charge is -2.18. The molecular weight excluding hydrogens is 204 g/mol. The Kier molecular flexibility index (Phi) is 2.82. The van der Waals surface area contributed by atoms with Crippen LogP contribution in [0.4, 0.5) is 4.79 Å². The smallest absolute Gasteiger partial charge is 0.429 e. The number of hydrogen-bond acceptors (Lipinski definition) is 3. The Labute approximate surface area is 94.4 Å². The van der Waals surface area contributed by atoms with E-state index in [1.807, 2.05) is 30.3 Å². The van der Waals surface area contributed by atoms with Crippen molar-refractivity contribution < 1.29 is 14.3 Å². The molecule has 82 valence electrons. The summed E-state index contributed by atoms with van der Waals surface area (Å²) < 4.78 is 9.99. The van der Waals surface area contributed by atoms with Gasteiger partial charge in [0.05, 0.1) is 0 Å². The summed E-state index contributed by atoms with van der Waals surface area (Å²) in [6.07, 6.45) is -0.0841. The Morgan fingerprint density at radius 1 is 1.38 bits per heavy atom. The minimum atomic E-state index is -0.812. The van der Waals surface area contributed by atoms with Crippen molar-refractivity contribution in [3.8, 4) is 11.8 Å². The highest BCUT2D eigenvalue weighted by molar-refractivity contribution is 5.64. The summed E-state index contributed by atoms with van der Waals surface area (Å²) in [6.45, 7) is 1.92. The zero-order valence-electron chi connectivity index (χ0n) is 9.03. The van der Waals surface area contributed by atoms with Crippen molar-refractivity contribution >= 4 is 6.16 Å². The van der Waals surface area contributed by atoms with Crippen LogP contribution in [0.1, 0.15) is 12.5 Å².